The van der Waals surface area contributed by atoms with E-state index >= 15 is 0 Å². The molecule has 1 aliphatic heterocycles. The van der Waals surface area contributed by atoms with Crippen LogP contribution in [0.4, 0.5) is 4.39 Å². The number of benzene rings is 1. The van der Waals surface area contributed by atoms with E-state index in [0.29, 0.717) is 31.6 Å². The van der Waals surface area contributed by atoms with Crippen LogP contribution in [0.5, 0.6) is 0 Å². The van der Waals surface area contributed by atoms with E-state index in [4.69, 9.17) is 10.5 Å². The summed E-state index contributed by atoms with van der Waals surface area (Å²) in [5.74, 6) is -0.942. The number of carbonyl (C=O) groups is 2. The summed E-state index contributed by atoms with van der Waals surface area (Å²) >= 11 is 0. The van der Waals surface area contributed by atoms with Gasteiger partial charge in [-0.25, -0.2) is 4.39 Å². The first-order valence-corrected chi connectivity index (χ1v) is 7.20. The SMILES string of the molecule is Cl.NC1(C(=O)NCCNC(=O)c2ccc(F)cc2)CCOCC1. The smallest absolute Gasteiger partial charge is 0.251 e. The van der Waals surface area contributed by atoms with E-state index in [-0.39, 0.29) is 37.3 Å². The Labute approximate surface area is 140 Å². The lowest BCUT2D eigenvalue weighted by Gasteiger charge is -2.31. The number of amides is 2. The molecule has 2 rings (SSSR count). The molecule has 2 amide bonds. The summed E-state index contributed by atoms with van der Waals surface area (Å²) in [5, 5.41) is 5.36. The van der Waals surface area contributed by atoms with Gasteiger partial charge in [-0.1, -0.05) is 0 Å². The number of carbonyl (C=O) groups excluding carboxylic acids is 2. The summed E-state index contributed by atoms with van der Waals surface area (Å²) in [6, 6.07) is 5.25. The molecule has 1 fully saturated rings. The summed E-state index contributed by atoms with van der Waals surface area (Å²) in [6.45, 7) is 1.51. The fraction of sp³-hybridized carbons (Fsp3) is 0.467. The van der Waals surface area contributed by atoms with Crippen molar-refractivity contribution in [1.29, 1.82) is 0 Å². The number of hydrogen-bond donors (Lipinski definition) is 3. The third-order valence-electron chi connectivity index (χ3n) is 3.64. The van der Waals surface area contributed by atoms with Crippen molar-refractivity contribution in [3.05, 3.63) is 35.6 Å². The molecule has 128 valence electrons. The van der Waals surface area contributed by atoms with Crippen LogP contribution in [0.2, 0.25) is 0 Å². The zero-order chi connectivity index (χ0) is 16.0. The van der Waals surface area contributed by atoms with Crippen molar-refractivity contribution in [3.63, 3.8) is 0 Å². The number of halogens is 2. The Morgan fingerprint density at radius 2 is 1.70 bits per heavy atom. The highest BCUT2D eigenvalue weighted by Crippen LogP contribution is 2.17. The summed E-state index contributed by atoms with van der Waals surface area (Å²) in [4.78, 5) is 23.8. The molecule has 23 heavy (non-hydrogen) atoms. The molecule has 6 nitrogen and oxygen atoms in total. The van der Waals surface area contributed by atoms with Crippen LogP contribution in [0, 0.1) is 5.82 Å². The molecule has 0 saturated carbocycles. The quantitative estimate of drug-likeness (QED) is 0.681. The van der Waals surface area contributed by atoms with Crippen LogP contribution < -0.4 is 16.4 Å². The summed E-state index contributed by atoms with van der Waals surface area (Å²) in [7, 11) is 0. The van der Waals surface area contributed by atoms with E-state index in [1.165, 1.54) is 24.3 Å². The van der Waals surface area contributed by atoms with Gasteiger partial charge in [0.2, 0.25) is 5.91 Å². The summed E-state index contributed by atoms with van der Waals surface area (Å²) in [5.41, 5.74) is 5.51. The molecule has 0 aliphatic carbocycles. The maximum absolute atomic E-state index is 12.8. The lowest BCUT2D eigenvalue weighted by Crippen LogP contribution is -2.57. The van der Waals surface area contributed by atoms with Gasteiger partial charge < -0.3 is 21.1 Å². The van der Waals surface area contributed by atoms with Gasteiger partial charge in [-0.3, -0.25) is 9.59 Å². The Kier molecular flexibility index (Phi) is 7.41. The fourth-order valence-electron chi connectivity index (χ4n) is 2.19. The molecule has 0 spiro atoms. The van der Waals surface area contributed by atoms with Gasteiger partial charge in [-0.15, -0.1) is 12.4 Å². The zero-order valence-corrected chi connectivity index (χ0v) is 13.5. The van der Waals surface area contributed by atoms with E-state index in [2.05, 4.69) is 10.6 Å². The number of ether oxygens (including phenoxy) is 1. The first-order chi connectivity index (χ1) is 10.5. The lowest BCUT2D eigenvalue weighted by atomic mass is 9.90. The van der Waals surface area contributed by atoms with Crippen LogP contribution in [0.3, 0.4) is 0 Å². The van der Waals surface area contributed by atoms with Crippen LogP contribution in [0.1, 0.15) is 23.2 Å². The van der Waals surface area contributed by atoms with Gasteiger partial charge in [0.1, 0.15) is 5.82 Å². The van der Waals surface area contributed by atoms with Crippen molar-refractivity contribution in [3.8, 4) is 0 Å². The highest BCUT2D eigenvalue weighted by molar-refractivity contribution is 5.94. The predicted octanol–water partition coefficient (Wildman–Crippen LogP) is 0.601. The zero-order valence-electron chi connectivity index (χ0n) is 12.6. The van der Waals surface area contributed by atoms with Crippen molar-refractivity contribution in [2.24, 2.45) is 5.73 Å². The molecule has 1 aromatic carbocycles. The Morgan fingerprint density at radius 1 is 1.13 bits per heavy atom. The fourth-order valence-corrected chi connectivity index (χ4v) is 2.19. The number of nitrogens with two attached hydrogens (primary N) is 1. The number of nitrogens with one attached hydrogen (secondary N) is 2. The Bertz CT molecular complexity index is 533. The van der Waals surface area contributed by atoms with Crippen LogP contribution >= 0.6 is 12.4 Å². The monoisotopic (exact) mass is 345 g/mol. The van der Waals surface area contributed by atoms with E-state index < -0.39 is 11.4 Å². The molecule has 0 aromatic heterocycles. The van der Waals surface area contributed by atoms with Crippen molar-refractivity contribution >= 4 is 24.2 Å². The standard InChI is InChI=1S/C15H20FN3O3.ClH/c16-12-3-1-11(2-4-12)13(20)18-7-8-19-14(21)15(17)5-9-22-10-6-15;/h1-4H,5-10,17H2,(H,18,20)(H,19,21);1H. The van der Waals surface area contributed by atoms with E-state index in [9.17, 15) is 14.0 Å². The van der Waals surface area contributed by atoms with E-state index in [1.54, 1.807) is 0 Å². The molecule has 0 radical (unpaired) electrons. The van der Waals surface area contributed by atoms with Gasteiger partial charge in [0.25, 0.3) is 5.91 Å². The molecule has 1 heterocycles. The van der Waals surface area contributed by atoms with Crippen LogP contribution in [0.15, 0.2) is 24.3 Å². The Hall–Kier alpha value is -1.70. The normalized spacial score (nSPS) is 16.1. The lowest BCUT2D eigenvalue weighted by molar-refractivity contribution is -0.129. The van der Waals surface area contributed by atoms with Gasteiger partial charge in [0.15, 0.2) is 0 Å². The molecular weight excluding hydrogens is 325 g/mol. The predicted molar refractivity (Wildman–Crippen MR) is 86.0 cm³/mol. The van der Waals surface area contributed by atoms with Gasteiger partial charge in [0.05, 0.1) is 5.54 Å². The molecule has 1 saturated heterocycles. The van der Waals surface area contributed by atoms with E-state index in [1.807, 2.05) is 0 Å². The Balaban J connectivity index is 0.00000264. The van der Waals surface area contributed by atoms with Crippen LogP contribution in [-0.2, 0) is 9.53 Å². The van der Waals surface area contributed by atoms with Crippen molar-refractivity contribution in [2.75, 3.05) is 26.3 Å². The maximum Gasteiger partial charge on any atom is 0.251 e. The average molecular weight is 346 g/mol. The van der Waals surface area contributed by atoms with Crippen LogP contribution in [0.25, 0.3) is 0 Å². The third-order valence-corrected chi connectivity index (χ3v) is 3.64. The Morgan fingerprint density at radius 3 is 2.30 bits per heavy atom. The first kappa shape index (κ1) is 19.3. The average Bonchev–Trinajstić information content (AvgIpc) is 2.52. The molecule has 1 aromatic rings. The second kappa shape index (κ2) is 8.81. The molecule has 0 bridgehead atoms. The highest BCUT2D eigenvalue weighted by atomic mass is 35.5. The second-order valence-electron chi connectivity index (χ2n) is 5.29. The number of hydrogen-bond acceptors (Lipinski definition) is 4. The van der Waals surface area contributed by atoms with Gasteiger partial charge >= 0.3 is 0 Å². The van der Waals surface area contributed by atoms with Gasteiger partial charge in [-0.2, -0.15) is 0 Å². The highest BCUT2D eigenvalue weighted by Gasteiger charge is 2.35. The van der Waals surface area contributed by atoms with Crippen LogP contribution in [-0.4, -0.2) is 43.7 Å². The minimum Gasteiger partial charge on any atom is -0.381 e. The van der Waals surface area contributed by atoms with Gasteiger partial charge in [-0.05, 0) is 37.1 Å². The maximum atomic E-state index is 12.8. The summed E-state index contributed by atoms with van der Waals surface area (Å²) in [6.07, 6.45) is 0.974. The van der Waals surface area contributed by atoms with Crippen molar-refractivity contribution in [2.45, 2.75) is 18.4 Å². The second-order valence-corrected chi connectivity index (χ2v) is 5.29. The first-order valence-electron chi connectivity index (χ1n) is 7.20. The van der Waals surface area contributed by atoms with Gasteiger partial charge in [0, 0.05) is 31.9 Å². The largest absolute Gasteiger partial charge is 0.381 e. The third kappa shape index (κ3) is 5.46. The molecule has 1 aliphatic rings. The topological polar surface area (TPSA) is 93.5 Å². The number of rotatable bonds is 5. The minimum atomic E-state index is -0.890. The molecule has 4 N–H and O–H groups in total. The van der Waals surface area contributed by atoms with Crippen molar-refractivity contribution < 1.29 is 18.7 Å². The van der Waals surface area contributed by atoms with E-state index in [0.717, 1.165) is 0 Å². The molecule has 8 heteroatoms. The molecule has 0 unspecified atom stereocenters. The minimum absolute atomic E-state index is 0. The molecular formula is C15H21ClFN3O3. The molecule has 0 atom stereocenters. The summed E-state index contributed by atoms with van der Waals surface area (Å²) < 4.78 is 17.9. The van der Waals surface area contributed by atoms with Crippen molar-refractivity contribution in [1.82, 2.24) is 10.6 Å².